The van der Waals surface area contributed by atoms with Gasteiger partial charge < -0.3 is 14.6 Å². The third-order valence-corrected chi connectivity index (χ3v) is 1.76. The molecule has 0 atom stereocenters. The minimum atomic E-state index is 0.830. The molecule has 0 aliphatic rings. The van der Waals surface area contributed by atoms with Crippen molar-refractivity contribution in [2.45, 2.75) is 19.4 Å². The molecular weight excluding hydrogens is 168 g/mol. The summed E-state index contributed by atoms with van der Waals surface area (Å²) < 4.78 is 9.64. The van der Waals surface area contributed by atoms with E-state index in [0.717, 1.165) is 38.1 Å². The van der Waals surface area contributed by atoms with Crippen molar-refractivity contribution in [3.8, 4) is 0 Å². The zero-order chi connectivity index (χ0) is 9.36. The van der Waals surface area contributed by atoms with E-state index in [1.54, 1.807) is 19.6 Å². The van der Waals surface area contributed by atoms with Gasteiger partial charge in [-0.15, -0.1) is 0 Å². The molecule has 0 fully saturated rings. The van der Waals surface area contributed by atoms with Crippen LogP contribution in [0, 0.1) is 0 Å². The third kappa shape index (κ3) is 4.65. The molecule has 1 heterocycles. The molecule has 0 unspecified atom stereocenters. The molecule has 13 heavy (non-hydrogen) atoms. The van der Waals surface area contributed by atoms with Crippen LogP contribution in [0.4, 0.5) is 0 Å². The first-order valence-corrected chi connectivity index (χ1v) is 4.51. The number of hydrogen-bond donors (Lipinski definition) is 1. The van der Waals surface area contributed by atoms with E-state index in [2.05, 4.69) is 10.5 Å². The predicted molar refractivity (Wildman–Crippen MR) is 49.3 cm³/mol. The van der Waals surface area contributed by atoms with Crippen molar-refractivity contribution in [2.24, 2.45) is 0 Å². The van der Waals surface area contributed by atoms with Gasteiger partial charge in [0.1, 0.15) is 6.26 Å². The number of hydrogen-bond acceptors (Lipinski definition) is 4. The van der Waals surface area contributed by atoms with Crippen LogP contribution in [0.3, 0.4) is 0 Å². The molecule has 0 radical (unpaired) electrons. The molecular formula is C9H16N2O2. The van der Waals surface area contributed by atoms with Gasteiger partial charge in [-0.05, 0) is 19.4 Å². The lowest BCUT2D eigenvalue weighted by molar-refractivity contribution is 0.192. The summed E-state index contributed by atoms with van der Waals surface area (Å²) in [5.41, 5.74) is 1.09. The maximum absolute atomic E-state index is 4.94. The number of aromatic nitrogens is 1. The Hall–Kier alpha value is -0.870. The highest BCUT2D eigenvalue weighted by Crippen LogP contribution is 1.95. The van der Waals surface area contributed by atoms with Gasteiger partial charge in [0, 0.05) is 25.8 Å². The maximum atomic E-state index is 4.94. The van der Waals surface area contributed by atoms with Gasteiger partial charge in [0.25, 0.3) is 0 Å². The maximum Gasteiger partial charge on any atom is 0.128 e. The van der Waals surface area contributed by atoms with Crippen LogP contribution < -0.4 is 5.32 Å². The highest BCUT2D eigenvalue weighted by molar-refractivity contribution is 4.98. The van der Waals surface area contributed by atoms with Crippen LogP contribution in [-0.2, 0) is 11.3 Å². The van der Waals surface area contributed by atoms with E-state index < -0.39 is 0 Å². The van der Waals surface area contributed by atoms with Gasteiger partial charge in [0.15, 0.2) is 0 Å². The first-order valence-electron chi connectivity index (χ1n) is 4.51. The zero-order valence-corrected chi connectivity index (χ0v) is 7.95. The minimum absolute atomic E-state index is 0.830. The molecule has 1 rings (SSSR count). The SMILES string of the molecule is COCCCCNCc1cnoc1. The Kier molecular flexibility index (Phi) is 5.20. The molecule has 0 amide bonds. The average Bonchev–Trinajstić information content (AvgIpc) is 2.63. The lowest BCUT2D eigenvalue weighted by atomic mass is 10.3. The summed E-state index contributed by atoms with van der Waals surface area (Å²) in [4.78, 5) is 0. The van der Waals surface area contributed by atoms with Gasteiger partial charge in [0.2, 0.25) is 0 Å². The third-order valence-electron chi connectivity index (χ3n) is 1.76. The topological polar surface area (TPSA) is 47.3 Å². The van der Waals surface area contributed by atoms with E-state index in [9.17, 15) is 0 Å². The smallest absolute Gasteiger partial charge is 0.128 e. The second-order valence-electron chi connectivity index (χ2n) is 2.91. The fourth-order valence-electron chi connectivity index (χ4n) is 1.04. The number of methoxy groups -OCH3 is 1. The molecule has 0 aliphatic heterocycles. The Morgan fingerprint density at radius 1 is 1.54 bits per heavy atom. The summed E-state index contributed by atoms with van der Waals surface area (Å²) in [7, 11) is 1.73. The largest absolute Gasteiger partial charge is 0.385 e. The molecule has 0 saturated carbocycles. The van der Waals surface area contributed by atoms with Crippen molar-refractivity contribution in [1.29, 1.82) is 0 Å². The highest BCUT2D eigenvalue weighted by atomic mass is 16.5. The lowest BCUT2D eigenvalue weighted by Crippen LogP contribution is -2.14. The molecule has 74 valence electrons. The molecule has 0 aromatic carbocycles. The van der Waals surface area contributed by atoms with E-state index in [1.807, 2.05) is 0 Å². The number of nitrogens with one attached hydrogen (secondary N) is 1. The van der Waals surface area contributed by atoms with Gasteiger partial charge in [-0.3, -0.25) is 0 Å². The van der Waals surface area contributed by atoms with Crippen LogP contribution >= 0.6 is 0 Å². The lowest BCUT2D eigenvalue weighted by Gasteiger charge is -2.01. The van der Waals surface area contributed by atoms with Gasteiger partial charge >= 0.3 is 0 Å². The van der Waals surface area contributed by atoms with E-state index in [0.29, 0.717) is 0 Å². The van der Waals surface area contributed by atoms with Gasteiger partial charge in [-0.25, -0.2) is 0 Å². The van der Waals surface area contributed by atoms with E-state index in [-0.39, 0.29) is 0 Å². The molecule has 0 bridgehead atoms. The summed E-state index contributed by atoms with van der Waals surface area (Å²) in [6.07, 6.45) is 5.62. The first-order chi connectivity index (χ1) is 6.43. The van der Waals surface area contributed by atoms with Crippen molar-refractivity contribution in [2.75, 3.05) is 20.3 Å². The minimum Gasteiger partial charge on any atom is -0.385 e. The van der Waals surface area contributed by atoms with Crippen molar-refractivity contribution in [3.63, 3.8) is 0 Å². The second kappa shape index (κ2) is 6.62. The highest BCUT2D eigenvalue weighted by Gasteiger charge is 1.93. The average molecular weight is 184 g/mol. The molecule has 0 saturated heterocycles. The fourth-order valence-corrected chi connectivity index (χ4v) is 1.04. The molecule has 0 aliphatic carbocycles. The summed E-state index contributed by atoms with van der Waals surface area (Å²) in [6, 6.07) is 0. The van der Waals surface area contributed by atoms with Gasteiger partial charge in [0.05, 0.1) is 6.20 Å². The van der Waals surface area contributed by atoms with Crippen LogP contribution in [0.5, 0.6) is 0 Å². The van der Waals surface area contributed by atoms with Gasteiger partial charge in [-0.2, -0.15) is 0 Å². The van der Waals surface area contributed by atoms with Crippen molar-refractivity contribution in [3.05, 3.63) is 18.0 Å². The molecule has 1 N–H and O–H groups in total. The van der Waals surface area contributed by atoms with E-state index in [4.69, 9.17) is 9.26 Å². The number of unbranched alkanes of at least 4 members (excludes halogenated alkanes) is 1. The van der Waals surface area contributed by atoms with Crippen LogP contribution in [0.2, 0.25) is 0 Å². The fraction of sp³-hybridized carbons (Fsp3) is 0.667. The van der Waals surface area contributed by atoms with Crippen molar-refractivity contribution < 1.29 is 9.26 Å². The zero-order valence-electron chi connectivity index (χ0n) is 7.95. The summed E-state index contributed by atoms with van der Waals surface area (Å²) in [5, 5.41) is 6.91. The monoisotopic (exact) mass is 184 g/mol. The van der Waals surface area contributed by atoms with Crippen LogP contribution in [0.15, 0.2) is 17.0 Å². The molecule has 1 aromatic rings. The number of nitrogens with zero attached hydrogens (tertiary/aromatic N) is 1. The molecule has 4 heteroatoms. The van der Waals surface area contributed by atoms with Crippen LogP contribution in [-0.4, -0.2) is 25.4 Å². The summed E-state index contributed by atoms with van der Waals surface area (Å²) >= 11 is 0. The number of ether oxygens (including phenoxy) is 1. The van der Waals surface area contributed by atoms with Crippen molar-refractivity contribution >= 4 is 0 Å². The Balaban J connectivity index is 1.90. The number of rotatable bonds is 7. The summed E-state index contributed by atoms with van der Waals surface area (Å²) in [5.74, 6) is 0. The predicted octanol–water partition coefficient (Wildman–Crippen LogP) is 1.19. The van der Waals surface area contributed by atoms with Crippen molar-refractivity contribution in [1.82, 2.24) is 10.5 Å². The molecule has 1 aromatic heterocycles. The van der Waals surface area contributed by atoms with Gasteiger partial charge in [-0.1, -0.05) is 5.16 Å². The second-order valence-corrected chi connectivity index (χ2v) is 2.91. The van der Waals surface area contributed by atoms with E-state index in [1.165, 1.54) is 0 Å². The van der Waals surface area contributed by atoms with Crippen LogP contribution in [0.1, 0.15) is 18.4 Å². The summed E-state index contributed by atoms with van der Waals surface area (Å²) in [6.45, 7) is 2.68. The molecule has 4 nitrogen and oxygen atoms in total. The Morgan fingerprint density at radius 2 is 2.46 bits per heavy atom. The quantitative estimate of drug-likeness (QED) is 0.647. The first kappa shape index (κ1) is 10.2. The van der Waals surface area contributed by atoms with Crippen LogP contribution in [0.25, 0.3) is 0 Å². The Morgan fingerprint density at radius 3 is 3.15 bits per heavy atom. The Bertz CT molecular complexity index is 199. The standard InChI is InChI=1S/C9H16N2O2/c1-12-5-3-2-4-10-6-9-7-11-13-8-9/h7-8,10H,2-6H2,1H3. The molecule has 0 spiro atoms. The van der Waals surface area contributed by atoms with E-state index >= 15 is 0 Å². The normalized spacial score (nSPS) is 10.5. The Labute approximate surface area is 78.2 Å².